The van der Waals surface area contributed by atoms with Crippen LogP contribution in [0.25, 0.3) is 0 Å². The van der Waals surface area contributed by atoms with Crippen LogP contribution in [0.3, 0.4) is 0 Å². The maximum atomic E-state index is 12.5. The smallest absolute Gasteiger partial charge is 0.251 e. The predicted molar refractivity (Wildman–Crippen MR) is 136 cm³/mol. The first kappa shape index (κ1) is 25.6. The number of nitrogens with one attached hydrogen (secondary N) is 4. The highest BCUT2D eigenvalue weighted by atomic mass is 16.5. The Kier molecular flexibility index (Phi) is 8.62. The fourth-order valence-corrected chi connectivity index (χ4v) is 3.79. The lowest BCUT2D eigenvalue weighted by Crippen LogP contribution is -2.31. The minimum absolute atomic E-state index is 0.0824. The van der Waals surface area contributed by atoms with E-state index in [2.05, 4.69) is 57.0 Å². The van der Waals surface area contributed by atoms with Gasteiger partial charge in [0.25, 0.3) is 5.91 Å². The second-order valence-corrected chi connectivity index (χ2v) is 9.94. The van der Waals surface area contributed by atoms with Crippen LogP contribution in [0.5, 0.6) is 0 Å². The number of hydrogen-bond acceptors (Lipinski definition) is 9. The van der Waals surface area contributed by atoms with E-state index in [1.54, 1.807) is 13.2 Å². The molecule has 3 rings (SSSR count). The number of aromatic nitrogens is 3. The SMILES string of the molecule is COCCNC(=O)c1ccc(C)c(Nc2nc(N[C@H]3CCNC3)nc(N(C)CC(C)(C)C)n2)c1. The fraction of sp³-hybridized carbons (Fsp3) is 0.583. The predicted octanol–water partition coefficient (Wildman–Crippen LogP) is 2.56. The van der Waals surface area contributed by atoms with Gasteiger partial charge in [-0.3, -0.25) is 4.79 Å². The number of carbonyl (C=O) groups excluding carboxylic acids is 1. The normalized spacial score (nSPS) is 15.8. The highest BCUT2D eigenvalue weighted by molar-refractivity contribution is 5.95. The molecule has 4 N–H and O–H groups in total. The summed E-state index contributed by atoms with van der Waals surface area (Å²) in [7, 11) is 3.59. The molecule has 1 aromatic heterocycles. The van der Waals surface area contributed by atoms with E-state index in [1.165, 1.54) is 0 Å². The average Bonchev–Trinajstić information content (AvgIpc) is 3.27. The first-order valence-corrected chi connectivity index (χ1v) is 11.7. The number of rotatable bonds is 10. The Balaban J connectivity index is 1.86. The van der Waals surface area contributed by atoms with E-state index < -0.39 is 0 Å². The van der Waals surface area contributed by atoms with E-state index in [9.17, 15) is 4.79 Å². The van der Waals surface area contributed by atoms with Gasteiger partial charge in [-0.05, 0) is 43.0 Å². The molecule has 1 aromatic carbocycles. The summed E-state index contributed by atoms with van der Waals surface area (Å²) in [6.45, 7) is 12.1. The molecule has 1 fully saturated rings. The van der Waals surface area contributed by atoms with E-state index in [1.807, 2.05) is 31.0 Å². The quantitative estimate of drug-likeness (QED) is 0.389. The summed E-state index contributed by atoms with van der Waals surface area (Å²) in [6.07, 6.45) is 1.01. The summed E-state index contributed by atoms with van der Waals surface area (Å²) < 4.78 is 5.01. The van der Waals surface area contributed by atoms with Crippen molar-refractivity contribution in [3.05, 3.63) is 29.3 Å². The highest BCUT2D eigenvalue weighted by Crippen LogP contribution is 2.24. The number of nitrogens with zero attached hydrogens (tertiary/aromatic N) is 4. The molecule has 0 aliphatic carbocycles. The monoisotopic (exact) mass is 470 g/mol. The first-order valence-electron chi connectivity index (χ1n) is 11.7. The molecule has 0 unspecified atom stereocenters. The number of ether oxygens (including phenoxy) is 1. The van der Waals surface area contributed by atoms with Crippen molar-refractivity contribution in [1.29, 1.82) is 0 Å². The Bertz CT molecular complexity index is 970. The van der Waals surface area contributed by atoms with Crippen LogP contribution >= 0.6 is 0 Å². The zero-order valence-corrected chi connectivity index (χ0v) is 21.2. The fourth-order valence-electron chi connectivity index (χ4n) is 3.79. The molecular formula is C24H38N8O2. The van der Waals surface area contributed by atoms with Gasteiger partial charge in [-0.2, -0.15) is 15.0 Å². The maximum Gasteiger partial charge on any atom is 0.251 e. The van der Waals surface area contributed by atoms with Crippen molar-refractivity contribution in [3.8, 4) is 0 Å². The molecule has 1 atom stereocenters. The van der Waals surface area contributed by atoms with Gasteiger partial charge in [0.15, 0.2) is 0 Å². The lowest BCUT2D eigenvalue weighted by Gasteiger charge is -2.27. The van der Waals surface area contributed by atoms with Crippen LogP contribution in [-0.2, 0) is 4.74 Å². The minimum atomic E-state index is -0.155. The summed E-state index contributed by atoms with van der Waals surface area (Å²) >= 11 is 0. The number of methoxy groups -OCH3 is 1. The first-order chi connectivity index (χ1) is 16.1. The maximum absolute atomic E-state index is 12.5. The van der Waals surface area contributed by atoms with Gasteiger partial charge in [0.1, 0.15) is 0 Å². The zero-order valence-electron chi connectivity index (χ0n) is 21.2. The van der Waals surface area contributed by atoms with Crippen molar-refractivity contribution in [1.82, 2.24) is 25.6 Å². The number of benzene rings is 1. The van der Waals surface area contributed by atoms with E-state index in [4.69, 9.17) is 4.74 Å². The number of carbonyl (C=O) groups is 1. The van der Waals surface area contributed by atoms with Gasteiger partial charge in [-0.1, -0.05) is 26.8 Å². The van der Waals surface area contributed by atoms with E-state index in [-0.39, 0.29) is 17.4 Å². The van der Waals surface area contributed by atoms with Gasteiger partial charge >= 0.3 is 0 Å². The second-order valence-electron chi connectivity index (χ2n) is 9.94. The number of aryl methyl sites for hydroxylation is 1. The van der Waals surface area contributed by atoms with Crippen molar-refractivity contribution >= 4 is 29.4 Å². The lowest BCUT2D eigenvalue weighted by atomic mass is 9.96. The van der Waals surface area contributed by atoms with Crippen LogP contribution in [0.1, 0.15) is 43.1 Å². The van der Waals surface area contributed by atoms with Crippen molar-refractivity contribution in [2.75, 3.05) is 62.5 Å². The van der Waals surface area contributed by atoms with Crippen LogP contribution in [0.4, 0.5) is 23.5 Å². The third-order valence-electron chi connectivity index (χ3n) is 5.41. The van der Waals surface area contributed by atoms with Crippen LogP contribution in [-0.4, -0.2) is 73.8 Å². The third kappa shape index (κ3) is 7.53. The molecule has 0 bridgehead atoms. The number of hydrogen-bond donors (Lipinski definition) is 4. The highest BCUT2D eigenvalue weighted by Gasteiger charge is 2.20. The Hall–Kier alpha value is -2.98. The lowest BCUT2D eigenvalue weighted by molar-refractivity contribution is 0.0937. The van der Waals surface area contributed by atoms with Gasteiger partial charge in [-0.15, -0.1) is 0 Å². The van der Waals surface area contributed by atoms with Gasteiger partial charge in [-0.25, -0.2) is 0 Å². The minimum Gasteiger partial charge on any atom is -0.383 e. The van der Waals surface area contributed by atoms with Crippen molar-refractivity contribution in [2.24, 2.45) is 5.41 Å². The molecule has 2 heterocycles. The Labute approximate surface area is 202 Å². The van der Waals surface area contributed by atoms with Gasteiger partial charge in [0, 0.05) is 51.1 Å². The Morgan fingerprint density at radius 2 is 2.00 bits per heavy atom. The number of anilines is 4. The summed E-state index contributed by atoms with van der Waals surface area (Å²) in [5.41, 5.74) is 2.38. The summed E-state index contributed by atoms with van der Waals surface area (Å²) in [5, 5.41) is 12.9. The van der Waals surface area contributed by atoms with Crippen molar-refractivity contribution in [2.45, 2.75) is 40.2 Å². The molecule has 0 radical (unpaired) electrons. The van der Waals surface area contributed by atoms with Crippen LogP contribution in [0.2, 0.25) is 0 Å². The molecule has 34 heavy (non-hydrogen) atoms. The second kappa shape index (κ2) is 11.4. The largest absolute Gasteiger partial charge is 0.383 e. The molecule has 2 aromatic rings. The van der Waals surface area contributed by atoms with Gasteiger partial charge < -0.3 is 30.9 Å². The van der Waals surface area contributed by atoms with Gasteiger partial charge in [0.2, 0.25) is 17.8 Å². The Morgan fingerprint density at radius 3 is 2.68 bits per heavy atom. The molecule has 1 amide bonds. The summed E-state index contributed by atoms with van der Waals surface area (Å²) in [4.78, 5) is 28.5. The van der Waals surface area contributed by atoms with E-state index >= 15 is 0 Å². The molecule has 0 spiro atoms. The van der Waals surface area contributed by atoms with E-state index in [0.29, 0.717) is 36.6 Å². The molecule has 1 aliphatic heterocycles. The average molecular weight is 471 g/mol. The molecule has 186 valence electrons. The third-order valence-corrected chi connectivity index (χ3v) is 5.41. The van der Waals surface area contributed by atoms with Crippen molar-refractivity contribution < 1.29 is 9.53 Å². The van der Waals surface area contributed by atoms with Crippen LogP contribution < -0.4 is 26.2 Å². The number of amides is 1. The van der Waals surface area contributed by atoms with Crippen molar-refractivity contribution in [3.63, 3.8) is 0 Å². The Morgan fingerprint density at radius 1 is 1.24 bits per heavy atom. The molecular weight excluding hydrogens is 432 g/mol. The van der Waals surface area contributed by atoms with Crippen LogP contribution in [0.15, 0.2) is 18.2 Å². The van der Waals surface area contributed by atoms with Gasteiger partial charge in [0.05, 0.1) is 6.61 Å². The van der Waals surface area contributed by atoms with Crippen LogP contribution in [0, 0.1) is 12.3 Å². The molecule has 10 nitrogen and oxygen atoms in total. The zero-order chi connectivity index (χ0) is 24.7. The standard InChI is InChI=1S/C24H38N8O2/c1-16-7-8-17(20(33)26-11-12-34-6)13-19(16)28-22-29-21(27-18-9-10-25-14-18)30-23(31-22)32(5)15-24(2,3)4/h7-8,13,18,25H,9-12,14-15H2,1-6H3,(H,26,33)(H2,27,28,29,30,31)/t18-/m0/s1. The topological polar surface area (TPSA) is 116 Å². The molecule has 1 aliphatic rings. The summed E-state index contributed by atoms with van der Waals surface area (Å²) in [5.74, 6) is 1.40. The molecule has 0 saturated carbocycles. The molecule has 1 saturated heterocycles. The van der Waals surface area contributed by atoms with E-state index in [0.717, 1.165) is 37.3 Å². The summed E-state index contributed by atoms with van der Waals surface area (Å²) in [6, 6.07) is 5.80. The molecule has 10 heteroatoms.